The van der Waals surface area contributed by atoms with Crippen molar-refractivity contribution in [3.8, 4) is 0 Å². The molecule has 2 atom stereocenters. The van der Waals surface area contributed by atoms with Crippen LogP contribution in [-0.4, -0.2) is 40.8 Å². The van der Waals surface area contributed by atoms with Crippen LogP contribution in [0.2, 0.25) is 0 Å². The van der Waals surface area contributed by atoms with Gasteiger partial charge in [0.05, 0.1) is 5.92 Å². The number of likely N-dealkylation sites (tertiary alicyclic amines) is 1. The Balaban J connectivity index is 2.18. The lowest BCUT2D eigenvalue weighted by Gasteiger charge is -2.27. The quantitative estimate of drug-likeness (QED) is 0.652. The molecule has 1 saturated heterocycles. The van der Waals surface area contributed by atoms with Gasteiger partial charge in [-0.05, 0) is 57.2 Å². The zero-order valence-electron chi connectivity index (χ0n) is 14.5. The maximum Gasteiger partial charge on any atom is 0.407 e. The fourth-order valence-electron chi connectivity index (χ4n) is 3.08. The molecule has 0 saturated carbocycles. The first-order valence-electron chi connectivity index (χ1n) is 8.21. The minimum Gasteiger partial charge on any atom is -0.465 e. The van der Waals surface area contributed by atoms with Gasteiger partial charge >= 0.3 is 12.1 Å². The number of esters is 1. The number of rotatable bonds is 4. The Labute approximate surface area is 142 Å². The topological polar surface area (TPSA) is 92.9 Å². The average molecular weight is 334 g/mol. The minimum atomic E-state index is -0.940. The highest BCUT2D eigenvalue weighted by atomic mass is 16.6. The van der Waals surface area contributed by atoms with Gasteiger partial charge in [0.2, 0.25) is 0 Å². The van der Waals surface area contributed by atoms with Gasteiger partial charge in [-0.15, -0.1) is 0 Å². The highest BCUT2D eigenvalue weighted by Gasteiger charge is 2.37. The van der Waals surface area contributed by atoms with Gasteiger partial charge in [-0.3, -0.25) is 4.79 Å². The lowest BCUT2D eigenvalue weighted by atomic mass is 9.86. The summed E-state index contributed by atoms with van der Waals surface area (Å²) < 4.78 is 5.57. The zero-order chi connectivity index (χ0) is 17.9. The molecule has 1 unspecified atom stereocenters. The molecule has 1 aliphatic heterocycles. The molecule has 1 heterocycles. The van der Waals surface area contributed by atoms with Gasteiger partial charge in [-0.25, -0.2) is 4.79 Å². The van der Waals surface area contributed by atoms with Crippen LogP contribution in [0.15, 0.2) is 24.3 Å². The maximum absolute atomic E-state index is 12.7. The van der Waals surface area contributed by atoms with E-state index in [0.717, 1.165) is 5.56 Å². The number of hydrogen-bond donors (Lipinski definition) is 2. The van der Waals surface area contributed by atoms with E-state index in [1.54, 1.807) is 6.07 Å². The average Bonchev–Trinajstić information content (AvgIpc) is 2.92. The molecule has 1 aromatic carbocycles. The highest BCUT2D eigenvalue weighted by Crippen LogP contribution is 2.30. The molecular weight excluding hydrogens is 308 g/mol. The standard InChI is InChI=1S/C18H26N2O4/c1-18(2,3)24-16(21)15(10-12-5-4-6-14(19)9-12)13-7-8-20(11-13)17(22)23/h4-6,9,13,15H,7-8,10-11,19H2,1-3H3,(H,22,23)/t13-,15?/m0/s1. The molecule has 24 heavy (non-hydrogen) atoms. The van der Waals surface area contributed by atoms with Crippen LogP contribution in [-0.2, 0) is 16.0 Å². The number of nitrogens with zero attached hydrogens (tertiary/aromatic N) is 1. The third kappa shape index (κ3) is 4.88. The number of benzene rings is 1. The maximum atomic E-state index is 12.7. The van der Waals surface area contributed by atoms with Gasteiger partial charge in [-0.2, -0.15) is 0 Å². The predicted octanol–water partition coefficient (Wildman–Crippen LogP) is 2.77. The van der Waals surface area contributed by atoms with E-state index in [1.807, 2.05) is 39.0 Å². The summed E-state index contributed by atoms with van der Waals surface area (Å²) in [5.74, 6) is -0.699. The van der Waals surface area contributed by atoms with Crippen LogP contribution in [0.4, 0.5) is 10.5 Å². The van der Waals surface area contributed by atoms with E-state index in [-0.39, 0.29) is 17.8 Å². The molecule has 1 aromatic rings. The minimum absolute atomic E-state index is 0.0441. The fraction of sp³-hybridized carbons (Fsp3) is 0.556. The van der Waals surface area contributed by atoms with Crippen LogP contribution in [0, 0.1) is 11.8 Å². The smallest absolute Gasteiger partial charge is 0.407 e. The van der Waals surface area contributed by atoms with Crippen LogP contribution in [0.25, 0.3) is 0 Å². The number of carbonyl (C=O) groups excluding carboxylic acids is 1. The van der Waals surface area contributed by atoms with Crippen molar-refractivity contribution >= 4 is 17.7 Å². The number of ether oxygens (including phenoxy) is 1. The summed E-state index contributed by atoms with van der Waals surface area (Å²) in [6.45, 7) is 6.32. The lowest BCUT2D eigenvalue weighted by molar-refractivity contribution is -0.161. The first kappa shape index (κ1) is 18.1. The number of nitrogens with two attached hydrogens (primary N) is 1. The summed E-state index contributed by atoms with van der Waals surface area (Å²) >= 11 is 0. The lowest BCUT2D eigenvalue weighted by Crippen LogP contribution is -2.35. The molecule has 0 aliphatic carbocycles. The third-order valence-electron chi connectivity index (χ3n) is 4.18. The van der Waals surface area contributed by atoms with Crippen molar-refractivity contribution in [3.05, 3.63) is 29.8 Å². The van der Waals surface area contributed by atoms with E-state index in [9.17, 15) is 9.59 Å². The van der Waals surface area contributed by atoms with E-state index in [1.165, 1.54) is 4.90 Å². The SMILES string of the molecule is CC(C)(C)OC(=O)C(Cc1cccc(N)c1)[C@H]1CCN(C(=O)O)C1. The first-order chi connectivity index (χ1) is 11.2. The van der Waals surface area contributed by atoms with Crippen molar-refractivity contribution in [2.45, 2.75) is 39.2 Å². The summed E-state index contributed by atoms with van der Waals surface area (Å²) in [6.07, 6.45) is 0.223. The van der Waals surface area contributed by atoms with E-state index in [2.05, 4.69) is 0 Å². The Hall–Kier alpha value is -2.24. The molecule has 132 valence electrons. The Kier molecular flexibility index (Phi) is 5.36. The van der Waals surface area contributed by atoms with Crippen LogP contribution in [0.5, 0.6) is 0 Å². The molecule has 0 aromatic heterocycles. The monoisotopic (exact) mass is 334 g/mol. The van der Waals surface area contributed by atoms with Gasteiger partial charge in [0.25, 0.3) is 0 Å². The Morgan fingerprint density at radius 2 is 2.12 bits per heavy atom. The number of amides is 1. The molecule has 6 heteroatoms. The summed E-state index contributed by atoms with van der Waals surface area (Å²) in [7, 11) is 0. The molecule has 1 aliphatic rings. The van der Waals surface area contributed by atoms with Crippen molar-refractivity contribution in [3.63, 3.8) is 0 Å². The van der Waals surface area contributed by atoms with Crippen molar-refractivity contribution < 1.29 is 19.4 Å². The van der Waals surface area contributed by atoms with Crippen LogP contribution >= 0.6 is 0 Å². The Bertz CT molecular complexity index is 609. The molecule has 0 spiro atoms. The van der Waals surface area contributed by atoms with Gasteiger partial charge in [0, 0.05) is 18.8 Å². The van der Waals surface area contributed by atoms with Gasteiger partial charge in [0.1, 0.15) is 5.60 Å². The summed E-state index contributed by atoms with van der Waals surface area (Å²) in [5, 5.41) is 9.16. The molecular formula is C18H26N2O4. The van der Waals surface area contributed by atoms with E-state index in [4.69, 9.17) is 15.6 Å². The molecule has 0 bridgehead atoms. The van der Waals surface area contributed by atoms with Crippen molar-refractivity contribution in [1.29, 1.82) is 0 Å². The second kappa shape index (κ2) is 7.11. The van der Waals surface area contributed by atoms with Crippen LogP contribution in [0.1, 0.15) is 32.8 Å². The van der Waals surface area contributed by atoms with Crippen molar-refractivity contribution in [2.75, 3.05) is 18.8 Å². The van der Waals surface area contributed by atoms with E-state index < -0.39 is 11.7 Å². The van der Waals surface area contributed by atoms with Crippen molar-refractivity contribution in [1.82, 2.24) is 4.90 Å². The van der Waals surface area contributed by atoms with Gasteiger partial charge in [-0.1, -0.05) is 12.1 Å². The second-order valence-corrected chi connectivity index (χ2v) is 7.37. The summed E-state index contributed by atoms with van der Waals surface area (Å²) in [6, 6.07) is 7.43. The molecule has 0 radical (unpaired) electrons. The first-order valence-corrected chi connectivity index (χ1v) is 8.21. The van der Waals surface area contributed by atoms with Crippen LogP contribution in [0.3, 0.4) is 0 Å². The largest absolute Gasteiger partial charge is 0.465 e. The summed E-state index contributed by atoms with van der Waals surface area (Å²) in [5.41, 5.74) is 6.86. The van der Waals surface area contributed by atoms with Crippen molar-refractivity contribution in [2.24, 2.45) is 11.8 Å². The van der Waals surface area contributed by atoms with Gasteiger partial charge in [0.15, 0.2) is 0 Å². The van der Waals surface area contributed by atoms with Crippen LogP contribution < -0.4 is 5.73 Å². The molecule has 1 amide bonds. The van der Waals surface area contributed by atoms with Gasteiger partial charge < -0.3 is 20.5 Å². The predicted molar refractivity (Wildman–Crippen MR) is 91.6 cm³/mol. The molecule has 3 N–H and O–H groups in total. The zero-order valence-corrected chi connectivity index (χ0v) is 14.5. The number of hydrogen-bond acceptors (Lipinski definition) is 4. The Morgan fingerprint density at radius 1 is 1.42 bits per heavy atom. The third-order valence-corrected chi connectivity index (χ3v) is 4.18. The Morgan fingerprint density at radius 3 is 2.67 bits per heavy atom. The number of nitrogen functional groups attached to an aromatic ring is 1. The fourth-order valence-corrected chi connectivity index (χ4v) is 3.08. The number of carboxylic acid groups (broad SMARTS) is 1. The summed E-state index contributed by atoms with van der Waals surface area (Å²) in [4.78, 5) is 25.2. The van der Waals surface area contributed by atoms with E-state index in [0.29, 0.717) is 31.6 Å². The number of anilines is 1. The highest BCUT2D eigenvalue weighted by molar-refractivity contribution is 5.74. The van der Waals surface area contributed by atoms with E-state index >= 15 is 0 Å². The normalized spacial score (nSPS) is 19.1. The number of carbonyl (C=O) groups is 2. The second-order valence-electron chi connectivity index (χ2n) is 7.37. The molecule has 2 rings (SSSR count). The molecule has 1 fully saturated rings. The molecule has 6 nitrogen and oxygen atoms in total.